The highest BCUT2D eigenvalue weighted by Gasteiger charge is 2.34. The van der Waals surface area contributed by atoms with Gasteiger partial charge in [0.05, 0.1) is 17.9 Å². The molecular weight excluding hydrogens is 885 g/mol. The van der Waals surface area contributed by atoms with Crippen molar-refractivity contribution in [3.8, 4) is 22.6 Å². The maximum atomic E-state index is 15.2. The van der Waals surface area contributed by atoms with Crippen molar-refractivity contribution < 1.29 is 37.7 Å². The van der Waals surface area contributed by atoms with E-state index >= 15 is 4.39 Å². The molecule has 32 heavy (non-hydrogen) atoms. The van der Waals surface area contributed by atoms with Gasteiger partial charge in [0.1, 0.15) is 11.4 Å². The van der Waals surface area contributed by atoms with Crippen molar-refractivity contribution in [1.82, 2.24) is 0 Å². The monoisotopic (exact) mass is 891 g/mol. The third-order valence-electron chi connectivity index (χ3n) is 4.68. The second-order valence-corrected chi connectivity index (χ2v) is 11.0. The van der Waals surface area contributed by atoms with Crippen LogP contribution in [-0.2, 0) is 0 Å². The topological polar surface area (TPSA) is 89.1 Å². The molecular formula is C20H6F3I4O5+. The largest absolute Gasteiger partial charge is 0.505 e. The summed E-state index contributed by atoms with van der Waals surface area (Å²) < 4.78 is 51.1. The summed E-state index contributed by atoms with van der Waals surface area (Å²) in [6.07, 6.45) is 0. The van der Waals surface area contributed by atoms with Gasteiger partial charge in [-0.25, -0.2) is 22.4 Å². The minimum Gasteiger partial charge on any atom is -0.505 e. The van der Waals surface area contributed by atoms with E-state index in [1.807, 2.05) is 45.2 Å². The van der Waals surface area contributed by atoms with Crippen LogP contribution in [0.1, 0.15) is 10.4 Å². The van der Waals surface area contributed by atoms with Crippen molar-refractivity contribution in [3.05, 3.63) is 55.5 Å². The molecule has 0 fully saturated rings. The van der Waals surface area contributed by atoms with Crippen LogP contribution in [0.4, 0.5) is 13.2 Å². The number of aromatic hydroxyl groups is 2. The minimum atomic E-state index is -1.79. The Morgan fingerprint density at radius 1 is 0.781 bits per heavy atom. The molecule has 0 aliphatic carbocycles. The number of phenols is 2. The third-order valence-corrected chi connectivity index (χ3v) is 8.32. The lowest BCUT2D eigenvalue weighted by Crippen LogP contribution is -2.08. The van der Waals surface area contributed by atoms with Crippen molar-refractivity contribution in [2.24, 2.45) is 0 Å². The molecule has 0 aliphatic rings. The zero-order chi connectivity index (χ0) is 23.6. The summed E-state index contributed by atoms with van der Waals surface area (Å²) in [4.78, 5) is 11.9. The maximum Gasteiger partial charge on any atom is 0.378 e. The van der Waals surface area contributed by atoms with E-state index in [0.717, 1.165) is 0 Å². The summed E-state index contributed by atoms with van der Waals surface area (Å²) in [5, 5.41) is 30.7. The number of carboxylic acid groups (broad SMARTS) is 1. The smallest absolute Gasteiger partial charge is 0.378 e. The first-order chi connectivity index (χ1) is 15.0. The molecule has 164 valence electrons. The van der Waals surface area contributed by atoms with E-state index in [0.29, 0.717) is 7.14 Å². The van der Waals surface area contributed by atoms with Gasteiger partial charge in [0, 0.05) is 17.2 Å². The minimum absolute atomic E-state index is 0.0324. The van der Waals surface area contributed by atoms with Crippen molar-refractivity contribution in [3.63, 3.8) is 0 Å². The van der Waals surface area contributed by atoms with E-state index in [1.165, 1.54) is 12.1 Å². The molecule has 3 N–H and O–H groups in total. The fourth-order valence-corrected chi connectivity index (χ4v) is 6.89. The Bertz CT molecular complexity index is 1440. The van der Waals surface area contributed by atoms with Gasteiger partial charge >= 0.3 is 17.1 Å². The molecule has 0 spiro atoms. The highest BCUT2D eigenvalue weighted by molar-refractivity contribution is 14.1. The molecule has 0 unspecified atom stereocenters. The molecule has 5 nitrogen and oxygen atoms in total. The van der Waals surface area contributed by atoms with Gasteiger partial charge in [-0.05, 0) is 102 Å². The highest BCUT2D eigenvalue weighted by atomic mass is 127. The van der Waals surface area contributed by atoms with E-state index in [1.54, 1.807) is 45.2 Å². The molecule has 0 saturated heterocycles. The van der Waals surface area contributed by atoms with Gasteiger partial charge in [-0.2, -0.15) is 0 Å². The van der Waals surface area contributed by atoms with E-state index in [4.69, 9.17) is 4.42 Å². The number of hydrogen-bond donors (Lipinski definition) is 3. The lowest BCUT2D eigenvalue weighted by Gasteiger charge is -2.13. The molecule has 4 aromatic rings. The second-order valence-electron chi connectivity index (χ2n) is 6.48. The lowest BCUT2D eigenvalue weighted by molar-refractivity contribution is 0.0692. The summed E-state index contributed by atoms with van der Waals surface area (Å²) in [5.41, 5.74) is -1.92. The van der Waals surface area contributed by atoms with Crippen molar-refractivity contribution in [2.45, 2.75) is 0 Å². The molecule has 0 radical (unpaired) electrons. The van der Waals surface area contributed by atoms with Crippen LogP contribution in [0.3, 0.4) is 0 Å². The Morgan fingerprint density at radius 3 is 1.69 bits per heavy atom. The predicted molar refractivity (Wildman–Crippen MR) is 145 cm³/mol. The average Bonchev–Trinajstić information content (AvgIpc) is 2.72. The number of phenolic OH excluding ortho intramolecular Hbond substituents is 2. The Hall–Kier alpha value is -0.890. The maximum absolute atomic E-state index is 15.2. The lowest BCUT2D eigenvalue weighted by atomic mass is 9.92. The van der Waals surface area contributed by atoms with Gasteiger partial charge < -0.3 is 15.3 Å². The van der Waals surface area contributed by atoms with Crippen LogP contribution in [0, 0.1) is 31.7 Å². The summed E-state index contributed by atoms with van der Waals surface area (Å²) >= 11 is 7.24. The van der Waals surface area contributed by atoms with Gasteiger partial charge in [0.25, 0.3) is 0 Å². The van der Waals surface area contributed by atoms with E-state index in [2.05, 4.69) is 0 Å². The number of carbonyl (C=O) groups is 1. The second kappa shape index (κ2) is 8.71. The zero-order valence-electron chi connectivity index (χ0n) is 15.0. The Labute approximate surface area is 231 Å². The van der Waals surface area contributed by atoms with Gasteiger partial charge in [-0.15, -0.1) is 0 Å². The van der Waals surface area contributed by atoms with Gasteiger partial charge in [0.2, 0.25) is 0 Å². The Morgan fingerprint density at radius 2 is 1.25 bits per heavy atom. The number of hydrogen-bond acceptors (Lipinski definition) is 3. The van der Waals surface area contributed by atoms with Crippen molar-refractivity contribution >= 4 is 118 Å². The molecule has 0 amide bonds. The first kappa shape index (κ1) is 24.2. The SMILES string of the molecule is O=C(O)c1c(F)cc(F)c(F)c1-c1c2cc(I)c(O)c(I)c2[o+]c2c(I)c(O)c(I)cc12. The van der Waals surface area contributed by atoms with Crippen LogP contribution in [0.15, 0.2) is 22.6 Å². The van der Waals surface area contributed by atoms with E-state index in [-0.39, 0.29) is 52.2 Å². The van der Waals surface area contributed by atoms with Crippen LogP contribution < -0.4 is 0 Å². The average molecular weight is 891 g/mol. The first-order valence-electron chi connectivity index (χ1n) is 8.34. The normalized spacial score (nSPS) is 11.5. The molecule has 0 saturated carbocycles. The first-order valence-corrected chi connectivity index (χ1v) is 12.7. The molecule has 3 aromatic carbocycles. The number of rotatable bonds is 2. The molecule has 12 heteroatoms. The number of carboxylic acids is 1. The highest BCUT2D eigenvalue weighted by Crippen LogP contribution is 2.47. The Balaban J connectivity index is 2.43. The number of halogens is 7. The van der Waals surface area contributed by atoms with Crippen molar-refractivity contribution in [2.75, 3.05) is 0 Å². The summed E-state index contributed by atoms with van der Waals surface area (Å²) in [6, 6.07) is 3.00. The zero-order valence-corrected chi connectivity index (χ0v) is 23.7. The van der Waals surface area contributed by atoms with E-state index < -0.39 is 34.5 Å². The van der Waals surface area contributed by atoms with Gasteiger partial charge in [-0.3, -0.25) is 0 Å². The van der Waals surface area contributed by atoms with Gasteiger partial charge in [-0.1, -0.05) is 0 Å². The Kier molecular flexibility index (Phi) is 6.60. The molecule has 1 aromatic heterocycles. The quantitative estimate of drug-likeness (QED) is 0.0842. The standard InChI is InChI=1S/C20H5F3I4O5/c21-6-3-7(22)13(23)12(11(6)20(30)31)10-4-1-8(24)16(28)14(26)18(4)32-19-5(10)2-9(25)17(29)15(19)27/h1-3H,(H2-,28,29,30,31)/p+1. The molecule has 1 heterocycles. The summed E-state index contributed by atoms with van der Waals surface area (Å²) in [7, 11) is 0. The number of fused-ring (bicyclic) bond motifs is 2. The van der Waals surface area contributed by atoms with E-state index in [9.17, 15) is 28.9 Å². The van der Waals surface area contributed by atoms with Crippen LogP contribution >= 0.6 is 90.4 Å². The summed E-state index contributed by atoms with van der Waals surface area (Å²) in [6.45, 7) is 0. The molecule has 0 aliphatic heterocycles. The molecule has 0 atom stereocenters. The third kappa shape index (κ3) is 3.68. The van der Waals surface area contributed by atoms with Crippen molar-refractivity contribution in [1.29, 1.82) is 0 Å². The summed E-state index contributed by atoms with van der Waals surface area (Å²) in [5.74, 6) is -6.61. The molecule has 0 bridgehead atoms. The van der Waals surface area contributed by atoms with Gasteiger partial charge in [0.15, 0.2) is 30.3 Å². The van der Waals surface area contributed by atoms with Crippen LogP contribution in [0.5, 0.6) is 11.5 Å². The fourth-order valence-electron chi connectivity index (χ4n) is 3.31. The molecule has 4 rings (SSSR count). The van der Waals surface area contributed by atoms with Crippen LogP contribution in [0.25, 0.3) is 33.1 Å². The number of aromatic carboxylic acids is 1. The number of benzene rings is 3. The fraction of sp³-hybridized carbons (Fsp3) is 0. The van der Waals surface area contributed by atoms with Crippen LogP contribution in [0.2, 0.25) is 0 Å². The predicted octanol–water partition coefficient (Wildman–Crippen LogP) is 7.48. The van der Waals surface area contributed by atoms with Crippen LogP contribution in [-0.4, -0.2) is 21.3 Å².